The Labute approximate surface area is 106 Å². The Morgan fingerprint density at radius 1 is 1.24 bits per heavy atom. The van der Waals surface area contributed by atoms with Crippen molar-refractivity contribution in [2.24, 2.45) is 5.10 Å². The number of hydrogen-bond donors (Lipinski definition) is 0. The first kappa shape index (κ1) is 12.0. The summed E-state index contributed by atoms with van der Waals surface area (Å²) in [6.07, 6.45) is 5.63. The lowest BCUT2D eigenvalue weighted by molar-refractivity contribution is 0.240. The van der Waals surface area contributed by atoms with Gasteiger partial charge in [-0.3, -0.25) is 5.01 Å². The predicted molar refractivity (Wildman–Crippen MR) is 70.9 cm³/mol. The Bertz CT molecular complexity index is 431. The van der Waals surface area contributed by atoms with Crippen molar-refractivity contribution in [2.45, 2.75) is 24.2 Å². The van der Waals surface area contributed by atoms with E-state index in [-0.39, 0.29) is 0 Å². The molecule has 1 aliphatic heterocycles. The number of nitrogens with zero attached hydrogens (tertiary/aromatic N) is 3. The summed E-state index contributed by atoms with van der Waals surface area (Å²) in [4.78, 5) is 0.968. The van der Waals surface area contributed by atoms with Crippen LogP contribution in [0.1, 0.15) is 24.8 Å². The summed E-state index contributed by atoms with van der Waals surface area (Å²) in [7, 11) is 0. The lowest BCUT2D eigenvalue weighted by Crippen LogP contribution is -2.24. The third-order valence-corrected chi connectivity index (χ3v) is 3.45. The maximum Gasteiger partial charge on any atom is 0.138 e. The lowest BCUT2D eigenvalue weighted by Gasteiger charge is -2.23. The molecule has 1 aromatic rings. The van der Waals surface area contributed by atoms with Crippen LogP contribution in [0, 0.1) is 10.7 Å². The van der Waals surface area contributed by atoms with Crippen molar-refractivity contribution in [3.63, 3.8) is 0 Å². The first-order valence-electron chi connectivity index (χ1n) is 5.84. The van der Waals surface area contributed by atoms with Gasteiger partial charge < -0.3 is 0 Å². The summed E-state index contributed by atoms with van der Waals surface area (Å²) in [5.74, 6) is 0. The Hall–Kier alpha value is -1.47. The van der Waals surface area contributed by atoms with Gasteiger partial charge in [0.05, 0.1) is 6.21 Å². The summed E-state index contributed by atoms with van der Waals surface area (Å²) in [5.41, 5.74) is 1.02. The fourth-order valence-corrected chi connectivity index (χ4v) is 2.35. The van der Waals surface area contributed by atoms with Crippen LogP contribution >= 0.6 is 11.8 Å². The van der Waals surface area contributed by atoms with Crippen molar-refractivity contribution in [3.8, 4) is 5.40 Å². The van der Waals surface area contributed by atoms with Gasteiger partial charge in [-0.15, -0.1) is 0 Å². The maximum absolute atomic E-state index is 8.72. The van der Waals surface area contributed by atoms with Gasteiger partial charge in [-0.05, 0) is 37.1 Å². The van der Waals surface area contributed by atoms with E-state index in [1.165, 1.54) is 31.0 Å². The third-order valence-electron chi connectivity index (χ3n) is 2.77. The minimum atomic E-state index is 0.968. The molecule has 1 heterocycles. The zero-order chi connectivity index (χ0) is 11.9. The Morgan fingerprint density at radius 2 is 2.00 bits per heavy atom. The van der Waals surface area contributed by atoms with Crippen LogP contribution in [0.25, 0.3) is 0 Å². The van der Waals surface area contributed by atoms with Gasteiger partial charge in [-0.2, -0.15) is 10.4 Å². The molecule has 0 unspecified atom stereocenters. The van der Waals surface area contributed by atoms with Crippen LogP contribution in [0.2, 0.25) is 0 Å². The molecule has 0 bridgehead atoms. The van der Waals surface area contributed by atoms with Crippen LogP contribution in [-0.4, -0.2) is 24.3 Å². The van der Waals surface area contributed by atoms with Crippen LogP contribution in [0.3, 0.4) is 0 Å². The highest BCUT2D eigenvalue weighted by Gasteiger charge is 2.06. The topological polar surface area (TPSA) is 39.4 Å². The zero-order valence-electron chi connectivity index (χ0n) is 9.67. The number of nitriles is 1. The highest BCUT2D eigenvalue weighted by atomic mass is 32.2. The van der Waals surface area contributed by atoms with E-state index < -0.39 is 0 Å². The lowest BCUT2D eigenvalue weighted by atomic mass is 10.2. The van der Waals surface area contributed by atoms with E-state index in [0.29, 0.717) is 0 Å². The van der Waals surface area contributed by atoms with Crippen LogP contribution < -0.4 is 0 Å². The molecule has 4 heteroatoms. The number of hydrogen-bond acceptors (Lipinski definition) is 4. The average molecular weight is 245 g/mol. The van der Waals surface area contributed by atoms with Crippen molar-refractivity contribution >= 4 is 18.0 Å². The van der Waals surface area contributed by atoms with E-state index in [1.807, 2.05) is 30.5 Å². The molecule has 1 aliphatic rings. The SMILES string of the molecule is N#CSc1ccccc1/C=N/N1CCCCC1. The van der Waals surface area contributed by atoms with Crippen LogP contribution in [-0.2, 0) is 0 Å². The Morgan fingerprint density at radius 3 is 2.76 bits per heavy atom. The molecule has 1 fully saturated rings. The maximum atomic E-state index is 8.72. The molecule has 88 valence electrons. The van der Waals surface area contributed by atoms with Crippen LogP contribution in [0.4, 0.5) is 0 Å². The minimum Gasteiger partial charge on any atom is -0.297 e. The molecule has 0 spiro atoms. The number of thioether (sulfide) groups is 1. The van der Waals surface area contributed by atoms with Gasteiger partial charge in [0.2, 0.25) is 0 Å². The second kappa shape index (κ2) is 6.31. The molecule has 0 aromatic heterocycles. The second-order valence-corrected chi connectivity index (χ2v) is 4.82. The average Bonchev–Trinajstić information content (AvgIpc) is 2.39. The summed E-state index contributed by atoms with van der Waals surface area (Å²) in [6, 6.07) is 7.86. The monoisotopic (exact) mass is 245 g/mol. The first-order chi connectivity index (χ1) is 8.40. The molecule has 17 heavy (non-hydrogen) atoms. The molecule has 0 saturated carbocycles. The van der Waals surface area contributed by atoms with Crippen molar-refractivity contribution in [1.29, 1.82) is 5.26 Å². The number of benzene rings is 1. The molecule has 2 rings (SSSR count). The first-order valence-corrected chi connectivity index (χ1v) is 6.66. The quantitative estimate of drug-likeness (QED) is 0.467. The fourth-order valence-electron chi connectivity index (χ4n) is 1.87. The normalized spacial score (nSPS) is 16.1. The number of rotatable bonds is 3. The van der Waals surface area contributed by atoms with E-state index in [2.05, 4.69) is 15.5 Å². The van der Waals surface area contributed by atoms with Crippen LogP contribution in [0.5, 0.6) is 0 Å². The second-order valence-electron chi connectivity index (χ2n) is 3.99. The van der Waals surface area contributed by atoms with Crippen LogP contribution in [0.15, 0.2) is 34.3 Å². The molecular formula is C13H15N3S. The summed E-state index contributed by atoms with van der Waals surface area (Å²) in [5, 5.41) is 17.4. The van der Waals surface area contributed by atoms with Gasteiger partial charge in [0, 0.05) is 23.5 Å². The highest BCUT2D eigenvalue weighted by molar-refractivity contribution is 8.03. The molecule has 0 amide bonds. The third kappa shape index (κ3) is 3.50. The predicted octanol–water partition coefficient (Wildman–Crippen LogP) is 3.08. The summed E-state index contributed by atoms with van der Waals surface area (Å²) < 4.78 is 0. The van der Waals surface area contributed by atoms with Gasteiger partial charge in [0.1, 0.15) is 5.40 Å². The fraction of sp³-hybridized carbons (Fsp3) is 0.385. The van der Waals surface area contributed by atoms with Crippen molar-refractivity contribution in [1.82, 2.24) is 5.01 Å². The van der Waals surface area contributed by atoms with Crippen molar-refractivity contribution in [3.05, 3.63) is 29.8 Å². The highest BCUT2D eigenvalue weighted by Crippen LogP contribution is 2.20. The van der Waals surface area contributed by atoms with E-state index in [4.69, 9.17) is 5.26 Å². The van der Waals surface area contributed by atoms with Gasteiger partial charge in [-0.1, -0.05) is 18.2 Å². The van der Waals surface area contributed by atoms with E-state index in [0.717, 1.165) is 23.5 Å². The van der Waals surface area contributed by atoms with Gasteiger partial charge in [0.15, 0.2) is 0 Å². The standard InChI is InChI=1S/C13H15N3S/c14-11-17-13-7-3-2-6-12(13)10-15-16-8-4-1-5-9-16/h2-3,6-7,10H,1,4-5,8-9H2/b15-10+. The number of hydrazone groups is 1. The van der Waals surface area contributed by atoms with E-state index in [9.17, 15) is 0 Å². The van der Waals surface area contributed by atoms with Crippen molar-refractivity contribution in [2.75, 3.05) is 13.1 Å². The summed E-state index contributed by atoms with van der Waals surface area (Å²) >= 11 is 1.18. The number of thiocyanates is 1. The van der Waals surface area contributed by atoms with E-state index >= 15 is 0 Å². The zero-order valence-corrected chi connectivity index (χ0v) is 10.5. The van der Waals surface area contributed by atoms with Gasteiger partial charge in [-0.25, -0.2) is 0 Å². The molecule has 3 nitrogen and oxygen atoms in total. The molecule has 1 saturated heterocycles. The largest absolute Gasteiger partial charge is 0.297 e. The molecule has 0 radical (unpaired) electrons. The molecule has 0 atom stereocenters. The Balaban J connectivity index is 2.06. The molecule has 0 N–H and O–H groups in total. The van der Waals surface area contributed by atoms with Gasteiger partial charge in [0.25, 0.3) is 0 Å². The summed E-state index contributed by atoms with van der Waals surface area (Å²) in [6.45, 7) is 2.09. The van der Waals surface area contributed by atoms with Gasteiger partial charge >= 0.3 is 0 Å². The van der Waals surface area contributed by atoms with Crippen molar-refractivity contribution < 1.29 is 0 Å². The Kier molecular flexibility index (Phi) is 4.45. The molecule has 0 aliphatic carbocycles. The number of piperidine rings is 1. The molecular weight excluding hydrogens is 230 g/mol. The van der Waals surface area contributed by atoms with E-state index in [1.54, 1.807) is 0 Å². The minimum absolute atomic E-state index is 0.968. The molecule has 1 aromatic carbocycles. The smallest absolute Gasteiger partial charge is 0.138 e.